The third-order valence-corrected chi connectivity index (χ3v) is 3.82. The van der Waals surface area contributed by atoms with Crippen LogP contribution in [0.15, 0.2) is 59.5 Å². The van der Waals surface area contributed by atoms with Crippen molar-refractivity contribution < 1.29 is 18.5 Å². The molecule has 0 amide bonds. The second-order valence-corrected chi connectivity index (χ2v) is 5.51. The molecule has 1 saturated heterocycles. The zero-order chi connectivity index (χ0) is 15.6. The van der Waals surface area contributed by atoms with Crippen molar-refractivity contribution in [1.82, 2.24) is 4.98 Å². The van der Waals surface area contributed by atoms with E-state index in [9.17, 15) is 0 Å². The van der Waals surface area contributed by atoms with Gasteiger partial charge >= 0.3 is 0 Å². The molecular formula is C18H17N2O3+. The predicted molar refractivity (Wildman–Crippen MR) is 83.9 cm³/mol. The molecule has 2 aromatic heterocycles. The summed E-state index contributed by atoms with van der Waals surface area (Å²) in [5.41, 5.74) is 2.71. The van der Waals surface area contributed by atoms with E-state index in [1.807, 2.05) is 48.8 Å². The lowest BCUT2D eigenvalue weighted by atomic mass is 10.1. The van der Waals surface area contributed by atoms with Crippen LogP contribution in [-0.4, -0.2) is 24.8 Å². The Labute approximate surface area is 134 Å². The van der Waals surface area contributed by atoms with E-state index < -0.39 is 0 Å². The Morgan fingerprint density at radius 2 is 2.04 bits per heavy atom. The Morgan fingerprint density at radius 3 is 2.78 bits per heavy atom. The van der Waals surface area contributed by atoms with Crippen LogP contribution in [0.4, 0.5) is 0 Å². The van der Waals surface area contributed by atoms with Crippen LogP contribution in [0, 0.1) is 0 Å². The predicted octanol–water partition coefficient (Wildman–Crippen LogP) is 2.70. The summed E-state index contributed by atoms with van der Waals surface area (Å²) in [7, 11) is 1.65. The fourth-order valence-corrected chi connectivity index (χ4v) is 2.45. The number of ether oxygens (including phenoxy) is 2. The van der Waals surface area contributed by atoms with E-state index in [0.29, 0.717) is 12.0 Å². The first-order valence-electron chi connectivity index (χ1n) is 7.53. The fourth-order valence-electron chi connectivity index (χ4n) is 2.45. The van der Waals surface area contributed by atoms with Crippen molar-refractivity contribution >= 4 is 0 Å². The number of oxazole rings is 1. The lowest BCUT2D eigenvalue weighted by molar-refractivity contribution is -0.698. The molecule has 4 rings (SSSR count). The first-order chi connectivity index (χ1) is 11.3. The molecule has 1 aromatic carbocycles. The van der Waals surface area contributed by atoms with Crippen molar-refractivity contribution in [1.29, 1.82) is 0 Å². The maximum absolute atomic E-state index is 5.63. The van der Waals surface area contributed by atoms with Gasteiger partial charge in [-0.3, -0.25) is 0 Å². The maximum atomic E-state index is 5.63. The van der Waals surface area contributed by atoms with Gasteiger partial charge in [-0.1, -0.05) is 12.1 Å². The van der Waals surface area contributed by atoms with Crippen molar-refractivity contribution in [2.24, 2.45) is 0 Å². The minimum absolute atomic E-state index is 0.368. The molecule has 5 nitrogen and oxygen atoms in total. The summed E-state index contributed by atoms with van der Waals surface area (Å²) in [6, 6.07) is 11.8. The number of pyridine rings is 1. The minimum Gasteiger partial charge on any atom is -0.497 e. The first kappa shape index (κ1) is 14.0. The topological polar surface area (TPSA) is 51.7 Å². The molecule has 1 aliphatic heterocycles. The van der Waals surface area contributed by atoms with Gasteiger partial charge in [0.15, 0.2) is 18.9 Å². The number of epoxide rings is 1. The van der Waals surface area contributed by atoms with Gasteiger partial charge in [-0.25, -0.2) is 9.55 Å². The summed E-state index contributed by atoms with van der Waals surface area (Å²) >= 11 is 0. The number of benzene rings is 1. The standard InChI is InChI=1S/C18H17N2O3/c1-21-15-4-2-3-14(9-15)17-12-23-18(19-17)13-5-7-20(8-6-13)10-16-11-22-16/h2-9,12,16H,10-11H2,1H3/q+1. The highest BCUT2D eigenvalue weighted by molar-refractivity contribution is 5.63. The van der Waals surface area contributed by atoms with Crippen molar-refractivity contribution in [2.75, 3.05) is 13.7 Å². The van der Waals surface area contributed by atoms with Gasteiger partial charge in [-0.05, 0) is 12.1 Å². The largest absolute Gasteiger partial charge is 0.497 e. The zero-order valence-corrected chi connectivity index (χ0v) is 12.8. The van der Waals surface area contributed by atoms with Crippen molar-refractivity contribution in [3.8, 4) is 28.5 Å². The van der Waals surface area contributed by atoms with Crippen LogP contribution >= 0.6 is 0 Å². The molecular weight excluding hydrogens is 292 g/mol. The smallest absolute Gasteiger partial charge is 0.226 e. The maximum Gasteiger partial charge on any atom is 0.226 e. The van der Waals surface area contributed by atoms with Crippen LogP contribution in [0.5, 0.6) is 5.75 Å². The highest BCUT2D eigenvalue weighted by atomic mass is 16.6. The number of hydrogen-bond acceptors (Lipinski definition) is 4. The molecule has 116 valence electrons. The van der Waals surface area contributed by atoms with Gasteiger partial charge in [0.1, 0.15) is 23.8 Å². The lowest BCUT2D eigenvalue weighted by Gasteiger charge is -2.00. The summed E-state index contributed by atoms with van der Waals surface area (Å²) in [5, 5.41) is 0. The average Bonchev–Trinajstić information content (AvgIpc) is 3.27. The molecule has 0 N–H and O–H groups in total. The summed E-state index contributed by atoms with van der Waals surface area (Å²) in [6.07, 6.45) is 6.08. The minimum atomic E-state index is 0.368. The number of methoxy groups -OCH3 is 1. The SMILES string of the molecule is COc1cccc(-c2coc(-c3cc[n+](CC4CO4)cc3)n2)c1. The molecule has 0 saturated carbocycles. The van der Waals surface area contributed by atoms with Gasteiger partial charge in [0.2, 0.25) is 5.89 Å². The van der Waals surface area contributed by atoms with E-state index >= 15 is 0 Å². The Hall–Kier alpha value is -2.66. The molecule has 1 atom stereocenters. The van der Waals surface area contributed by atoms with E-state index in [1.165, 1.54) is 0 Å². The Bertz CT molecular complexity index is 807. The summed E-state index contributed by atoms with van der Waals surface area (Å²) in [4.78, 5) is 4.57. The normalized spacial score (nSPS) is 16.3. The van der Waals surface area contributed by atoms with Gasteiger partial charge < -0.3 is 13.9 Å². The molecule has 0 spiro atoms. The molecule has 0 bridgehead atoms. The van der Waals surface area contributed by atoms with E-state index in [4.69, 9.17) is 13.9 Å². The van der Waals surface area contributed by atoms with E-state index in [-0.39, 0.29) is 0 Å². The molecule has 1 aliphatic rings. The van der Waals surface area contributed by atoms with Crippen molar-refractivity contribution in [2.45, 2.75) is 12.6 Å². The first-order valence-corrected chi connectivity index (χ1v) is 7.53. The van der Waals surface area contributed by atoms with Crippen molar-refractivity contribution in [3.05, 3.63) is 55.1 Å². The van der Waals surface area contributed by atoms with Crippen LogP contribution in [0.1, 0.15) is 0 Å². The second-order valence-electron chi connectivity index (χ2n) is 5.51. The van der Waals surface area contributed by atoms with E-state index in [0.717, 1.165) is 35.7 Å². The fraction of sp³-hybridized carbons (Fsp3) is 0.222. The molecule has 3 aromatic rings. The van der Waals surface area contributed by atoms with Crippen LogP contribution in [-0.2, 0) is 11.3 Å². The van der Waals surface area contributed by atoms with Gasteiger partial charge in [0.25, 0.3) is 0 Å². The quantitative estimate of drug-likeness (QED) is 0.537. The lowest BCUT2D eigenvalue weighted by Crippen LogP contribution is -2.35. The summed E-state index contributed by atoms with van der Waals surface area (Å²) in [5.74, 6) is 1.41. The summed E-state index contributed by atoms with van der Waals surface area (Å²) in [6.45, 7) is 1.75. The highest BCUT2D eigenvalue weighted by Gasteiger charge is 2.27. The molecule has 5 heteroatoms. The Kier molecular flexibility index (Phi) is 3.55. The molecule has 0 radical (unpaired) electrons. The Balaban J connectivity index is 1.56. The van der Waals surface area contributed by atoms with Crippen LogP contribution < -0.4 is 9.30 Å². The molecule has 1 unspecified atom stereocenters. The number of rotatable bonds is 5. The van der Waals surface area contributed by atoms with Crippen LogP contribution in [0.3, 0.4) is 0 Å². The summed E-state index contributed by atoms with van der Waals surface area (Å²) < 4.78 is 18.2. The second kappa shape index (κ2) is 5.85. The molecule has 1 fully saturated rings. The third kappa shape index (κ3) is 3.10. The van der Waals surface area contributed by atoms with Crippen LogP contribution in [0.25, 0.3) is 22.7 Å². The molecule has 3 heterocycles. The van der Waals surface area contributed by atoms with Crippen LogP contribution in [0.2, 0.25) is 0 Å². The molecule has 23 heavy (non-hydrogen) atoms. The van der Waals surface area contributed by atoms with Crippen molar-refractivity contribution in [3.63, 3.8) is 0 Å². The average molecular weight is 309 g/mol. The number of aromatic nitrogens is 2. The van der Waals surface area contributed by atoms with E-state index in [2.05, 4.69) is 9.55 Å². The number of hydrogen-bond donors (Lipinski definition) is 0. The van der Waals surface area contributed by atoms with Gasteiger partial charge in [0.05, 0.1) is 13.7 Å². The zero-order valence-electron chi connectivity index (χ0n) is 12.8. The highest BCUT2D eigenvalue weighted by Crippen LogP contribution is 2.26. The number of nitrogens with zero attached hydrogens (tertiary/aromatic N) is 2. The van der Waals surface area contributed by atoms with E-state index in [1.54, 1.807) is 13.4 Å². The van der Waals surface area contributed by atoms with Gasteiger partial charge in [-0.2, -0.15) is 0 Å². The third-order valence-electron chi connectivity index (χ3n) is 3.82. The van der Waals surface area contributed by atoms with Gasteiger partial charge in [0, 0.05) is 23.3 Å². The Morgan fingerprint density at radius 1 is 1.22 bits per heavy atom. The molecule has 0 aliphatic carbocycles. The monoisotopic (exact) mass is 309 g/mol. The van der Waals surface area contributed by atoms with Gasteiger partial charge in [-0.15, -0.1) is 0 Å².